The van der Waals surface area contributed by atoms with Gasteiger partial charge < -0.3 is 34.1 Å². The van der Waals surface area contributed by atoms with E-state index < -0.39 is 21.9 Å². The predicted molar refractivity (Wildman–Crippen MR) is 202 cm³/mol. The quantitative estimate of drug-likeness (QED) is 0.221. The second-order valence-electron chi connectivity index (χ2n) is 15.1. The molecule has 3 amide bonds. The molecule has 2 bridgehead atoms. The van der Waals surface area contributed by atoms with Crippen molar-refractivity contribution in [2.45, 2.75) is 68.4 Å². The number of ether oxygens (including phenoxy) is 4. The zero-order valence-electron chi connectivity index (χ0n) is 30.3. The molecule has 13 heteroatoms. The molecule has 5 aliphatic rings. The first kappa shape index (κ1) is 37.2. The fourth-order valence-corrected chi connectivity index (χ4v) is 9.98. The molecule has 282 valence electrons. The molecule has 2 aromatic rings. The van der Waals surface area contributed by atoms with Gasteiger partial charge in [0.15, 0.2) is 0 Å². The van der Waals surface area contributed by atoms with Gasteiger partial charge in [-0.2, -0.15) is 4.36 Å². The summed E-state index contributed by atoms with van der Waals surface area (Å²) in [5.74, 6) is 0.574. The number of allylic oxidation sites excluding steroid dienone is 1. The van der Waals surface area contributed by atoms with Crippen LogP contribution in [0.2, 0.25) is 5.02 Å². The molecule has 1 saturated carbocycles. The molecular formula is C39H51ClN4O7S. The highest BCUT2D eigenvalue weighted by Gasteiger charge is 2.44. The van der Waals surface area contributed by atoms with E-state index in [9.17, 15) is 13.8 Å². The lowest BCUT2D eigenvalue weighted by atomic mass is 9.68. The van der Waals surface area contributed by atoms with Crippen LogP contribution in [0.5, 0.6) is 5.75 Å². The number of fused-ring (bicyclic) bond motifs is 4. The standard InChI is InChI=1S/C39H51ClN4O7S/c1-25-6-4-8-34(49-3)31-12-9-28(31)20-44-23-39(15-5-7-26-18-29(40)11-13-32(26)39)24-51-35-14-10-27(19-33(35)44)36(45)42-52(47)37(25)41-38(46)43-21-30(22-43)50-17-16-48-2/h4,8,10-11,13-14,18-19,25,28,30-31,34,37,52H,5-7,9,12,15-17,20-24H2,1-3H3,(H,41,46)/b8-4+/t25-,28-,31+,34-,37?,39-/m0/s1. The van der Waals surface area contributed by atoms with E-state index in [0.29, 0.717) is 56.7 Å². The number of nitrogens with zero attached hydrogens (tertiary/aromatic N) is 3. The Bertz CT molecular complexity index is 1760. The predicted octanol–water partition coefficient (Wildman–Crippen LogP) is 5.64. The van der Waals surface area contributed by atoms with Gasteiger partial charge in [-0.15, -0.1) is 0 Å². The summed E-state index contributed by atoms with van der Waals surface area (Å²) < 4.78 is 41.7. The number of nitrogens with one attached hydrogen (secondary N) is 1. The Morgan fingerprint density at radius 1 is 1.13 bits per heavy atom. The number of aryl methyl sites for hydroxylation is 1. The highest BCUT2D eigenvalue weighted by Crippen LogP contribution is 2.47. The minimum atomic E-state index is -2.51. The average Bonchev–Trinajstić information content (AvgIpc) is 3.25. The molecule has 2 fully saturated rings. The third-order valence-electron chi connectivity index (χ3n) is 11.8. The molecule has 3 heterocycles. The molecule has 52 heavy (non-hydrogen) atoms. The normalized spacial score (nSPS) is 31.5. The number of carbonyl (C=O) groups excluding carboxylic acids is 2. The maximum atomic E-state index is 13.9. The number of likely N-dealkylation sites (tertiary alicyclic amines) is 1. The molecule has 2 aliphatic carbocycles. The van der Waals surface area contributed by atoms with Crippen molar-refractivity contribution in [3.63, 3.8) is 0 Å². The number of methoxy groups -OCH3 is 2. The van der Waals surface area contributed by atoms with Crippen LogP contribution in [0, 0.1) is 17.8 Å². The summed E-state index contributed by atoms with van der Waals surface area (Å²) in [6, 6.07) is 11.3. The fourth-order valence-electron chi connectivity index (χ4n) is 8.59. The Labute approximate surface area is 313 Å². The van der Waals surface area contributed by atoms with Crippen molar-refractivity contribution < 1.29 is 32.7 Å². The van der Waals surface area contributed by atoms with Gasteiger partial charge in [-0.1, -0.05) is 36.7 Å². The Kier molecular flexibility index (Phi) is 11.5. The maximum Gasteiger partial charge on any atom is 0.318 e. The molecule has 1 N–H and O–H groups in total. The Hall–Kier alpha value is -3.16. The number of amides is 3. The lowest BCUT2D eigenvalue weighted by Gasteiger charge is -2.46. The van der Waals surface area contributed by atoms with E-state index in [1.165, 1.54) is 11.1 Å². The minimum absolute atomic E-state index is 0.0717. The number of carbonyl (C=O) groups is 2. The van der Waals surface area contributed by atoms with E-state index in [2.05, 4.69) is 38.9 Å². The Morgan fingerprint density at radius 2 is 1.98 bits per heavy atom. The molecular weight excluding hydrogens is 704 g/mol. The van der Waals surface area contributed by atoms with Crippen LogP contribution in [0.1, 0.15) is 60.5 Å². The van der Waals surface area contributed by atoms with Crippen LogP contribution in [0.4, 0.5) is 10.5 Å². The van der Waals surface area contributed by atoms with E-state index in [0.717, 1.165) is 61.7 Å². The van der Waals surface area contributed by atoms with E-state index in [-0.39, 0.29) is 29.6 Å². The molecule has 2 unspecified atom stereocenters. The van der Waals surface area contributed by atoms with Gasteiger partial charge in [0.2, 0.25) is 0 Å². The van der Waals surface area contributed by atoms with Crippen molar-refractivity contribution in [2.75, 3.05) is 65.1 Å². The topological polar surface area (TPSA) is 119 Å². The molecule has 1 spiro atoms. The molecule has 1 saturated heterocycles. The first-order valence-corrected chi connectivity index (χ1v) is 20.2. The summed E-state index contributed by atoms with van der Waals surface area (Å²) >= 11 is 6.45. The van der Waals surface area contributed by atoms with E-state index in [1.54, 1.807) is 25.2 Å². The van der Waals surface area contributed by atoms with Crippen molar-refractivity contribution >= 4 is 39.8 Å². The molecule has 0 radical (unpaired) electrons. The van der Waals surface area contributed by atoms with Gasteiger partial charge >= 0.3 is 6.03 Å². The van der Waals surface area contributed by atoms with Crippen LogP contribution >= 0.6 is 11.6 Å². The summed E-state index contributed by atoms with van der Waals surface area (Å²) in [7, 11) is 0.862. The van der Waals surface area contributed by atoms with Gasteiger partial charge in [-0.25, -0.2) is 4.79 Å². The number of anilines is 1. The van der Waals surface area contributed by atoms with Gasteiger partial charge in [0.05, 0.1) is 61.4 Å². The third kappa shape index (κ3) is 7.73. The van der Waals surface area contributed by atoms with E-state index >= 15 is 0 Å². The fraction of sp³-hybridized carbons (Fsp3) is 0.590. The van der Waals surface area contributed by atoms with Gasteiger partial charge in [0.1, 0.15) is 11.1 Å². The molecule has 0 aromatic heterocycles. The second kappa shape index (κ2) is 16.1. The summed E-state index contributed by atoms with van der Waals surface area (Å²) in [4.78, 5) is 31.1. The third-order valence-corrected chi connectivity index (χ3v) is 13.5. The molecule has 3 aliphatic heterocycles. The van der Waals surface area contributed by atoms with Crippen LogP contribution in [0.25, 0.3) is 0 Å². The highest BCUT2D eigenvalue weighted by molar-refractivity contribution is 7.76. The van der Waals surface area contributed by atoms with Gasteiger partial charge in [-0.05, 0) is 97.7 Å². The van der Waals surface area contributed by atoms with E-state index in [1.807, 2.05) is 25.1 Å². The van der Waals surface area contributed by atoms with Crippen molar-refractivity contribution in [1.29, 1.82) is 0 Å². The lowest BCUT2D eigenvalue weighted by Crippen LogP contribution is -2.59. The summed E-state index contributed by atoms with van der Waals surface area (Å²) in [6.45, 7) is 5.76. The van der Waals surface area contributed by atoms with E-state index in [4.69, 9.17) is 30.5 Å². The van der Waals surface area contributed by atoms with Crippen LogP contribution < -0.4 is 15.0 Å². The largest absolute Gasteiger partial charge is 0.490 e. The van der Waals surface area contributed by atoms with Crippen LogP contribution in [-0.2, 0) is 36.6 Å². The van der Waals surface area contributed by atoms with Gasteiger partial charge in [0.25, 0.3) is 5.91 Å². The maximum absolute atomic E-state index is 13.9. The van der Waals surface area contributed by atoms with Crippen molar-refractivity contribution in [3.05, 3.63) is 70.3 Å². The number of thiol groups is 1. The molecule has 11 nitrogen and oxygen atoms in total. The number of halogens is 1. The van der Waals surface area contributed by atoms with Crippen molar-refractivity contribution in [2.24, 2.45) is 22.1 Å². The SMILES string of the molecule is COCCOC1CN(C(=O)NC2[C@@H](C)C/C=C/[C@H](OC)[C@@H]3CC[C@H]3CN3C[C@@]4(CCCc5cc(Cl)ccc54)COc4ccc(cc43)C(=O)/N=[SH]\2=O)C1. The molecule has 7 atom stereocenters. The molecule has 2 aromatic carbocycles. The smallest absolute Gasteiger partial charge is 0.318 e. The average molecular weight is 755 g/mol. The number of hydrogen-bond donors (Lipinski definition) is 2. The molecule has 7 rings (SSSR count). The number of hydrogen-bond acceptors (Lipinski definition) is 8. The second-order valence-corrected chi connectivity index (χ2v) is 16.9. The van der Waals surface area contributed by atoms with Crippen molar-refractivity contribution in [1.82, 2.24) is 10.2 Å². The van der Waals surface area contributed by atoms with Gasteiger partial charge in [0, 0.05) is 43.3 Å². The summed E-state index contributed by atoms with van der Waals surface area (Å²) in [6.07, 6.45) is 9.70. The summed E-state index contributed by atoms with van der Waals surface area (Å²) in [5.41, 5.74) is 3.49. The highest BCUT2D eigenvalue weighted by atomic mass is 35.5. The lowest BCUT2D eigenvalue weighted by molar-refractivity contribution is -0.0506. The van der Waals surface area contributed by atoms with Crippen LogP contribution in [-0.4, -0.2) is 98.8 Å². The number of rotatable bonds is 6. The Balaban J connectivity index is 1.20. The Morgan fingerprint density at radius 3 is 2.75 bits per heavy atom. The van der Waals surface area contributed by atoms with Crippen LogP contribution in [0.15, 0.2) is 52.9 Å². The zero-order valence-corrected chi connectivity index (χ0v) is 32.0. The summed E-state index contributed by atoms with van der Waals surface area (Å²) in [5, 5.41) is 2.85. The first-order chi connectivity index (χ1) is 25.2. The van der Waals surface area contributed by atoms with Gasteiger partial charge in [-0.3, -0.25) is 9.00 Å². The van der Waals surface area contributed by atoms with Crippen LogP contribution in [0.3, 0.4) is 0 Å². The first-order valence-electron chi connectivity index (χ1n) is 18.6. The van der Waals surface area contributed by atoms with Crippen molar-refractivity contribution in [3.8, 4) is 5.75 Å². The zero-order chi connectivity index (χ0) is 36.4. The monoisotopic (exact) mass is 754 g/mol. The minimum Gasteiger partial charge on any atom is -0.490 e. The number of benzene rings is 2. The number of urea groups is 1.